The summed E-state index contributed by atoms with van der Waals surface area (Å²) in [7, 11) is 0. The lowest BCUT2D eigenvalue weighted by Gasteiger charge is -2.25. The van der Waals surface area contributed by atoms with Crippen molar-refractivity contribution in [2.75, 3.05) is 0 Å². The minimum Gasteiger partial charge on any atom is -0.298 e. The van der Waals surface area contributed by atoms with Crippen molar-refractivity contribution in [3.05, 3.63) is 89.4 Å². The summed E-state index contributed by atoms with van der Waals surface area (Å²) < 4.78 is 90.9. The molecule has 41 heavy (non-hydrogen) atoms. The van der Waals surface area contributed by atoms with Gasteiger partial charge < -0.3 is 0 Å². The average molecular weight is 609 g/mol. The highest BCUT2D eigenvalue weighted by Gasteiger charge is 2.80. The number of Topliss-reactive ketones (excluding diaryl/α,β-unsaturated/α-hetero) is 1. The second-order valence-corrected chi connectivity index (χ2v) is 13.2. The molecule has 0 spiro atoms. The predicted molar refractivity (Wildman–Crippen MR) is 150 cm³/mol. The molecule has 5 rings (SSSR count). The maximum absolute atomic E-state index is 15.4. The van der Waals surface area contributed by atoms with E-state index in [1.165, 1.54) is 32.1 Å². The van der Waals surface area contributed by atoms with Gasteiger partial charge in [0.25, 0.3) is 0 Å². The number of alkyl halides is 6. The summed E-state index contributed by atoms with van der Waals surface area (Å²) in [5.41, 5.74) is -1.02. The van der Waals surface area contributed by atoms with Crippen LogP contribution in [0.5, 0.6) is 0 Å². The van der Waals surface area contributed by atoms with Gasteiger partial charge in [-0.3, -0.25) is 9.59 Å². The van der Waals surface area contributed by atoms with Crippen LogP contribution < -0.4 is 0 Å². The first-order valence-electron chi connectivity index (χ1n) is 13.0. The van der Waals surface area contributed by atoms with E-state index in [0.29, 0.717) is 28.0 Å². The van der Waals surface area contributed by atoms with Gasteiger partial charge in [0.15, 0.2) is 5.78 Å². The Labute approximate surface area is 241 Å². The Morgan fingerprint density at radius 3 is 2.24 bits per heavy atom. The van der Waals surface area contributed by atoms with Crippen LogP contribution in [0.15, 0.2) is 58.7 Å². The first-order chi connectivity index (χ1) is 19.1. The lowest BCUT2D eigenvalue weighted by molar-refractivity contribution is -0.254. The van der Waals surface area contributed by atoms with Crippen LogP contribution in [-0.4, -0.2) is 29.8 Å². The number of hydrogen-bond acceptors (Lipinski definition) is 4. The van der Waals surface area contributed by atoms with Crippen molar-refractivity contribution in [1.29, 1.82) is 0 Å². The van der Waals surface area contributed by atoms with E-state index < -0.39 is 34.8 Å². The molecular weight excluding hydrogens is 582 g/mol. The second-order valence-electron chi connectivity index (χ2n) is 10.6. The van der Waals surface area contributed by atoms with Gasteiger partial charge in [-0.2, -0.15) is 26.3 Å². The van der Waals surface area contributed by atoms with Gasteiger partial charge >= 0.3 is 17.8 Å². The van der Waals surface area contributed by atoms with Crippen molar-refractivity contribution < 1.29 is 35.9 Å². The number of allylic oxidation sites excluding steroid dienone is 10. The van der Waals surface area contributed by atoms with Crippen LogP contribution in [-0.2, 0) is 9.59 Å². The van der Waals surface area contributed by atoms with Crippen LogP contribution in [0.3, 0.4) is 0 Å². The highest BCUT2D eigenvalue weighted by Crippen LogP contribution is 2.66. The number of hydrogen-bond donors (Lipinski definition) is 0. The van der Waals surface area contributed by atoms with Gasteiger partial charge in [0, 0.05) is 47.7 Å². The molecule has 0 aromatic carbocycles. The zero-order valence-corrected chi connectivity index (χ0v) is 24.3. The molecule has 2 heterocycles. The summed E-state index contributed by atoms with van der Waals surface area (Å²) in [6.45, 7) is 6.30. The average Bonchev–Trinajstić information content (AvgIpc) is 3.48. The van der Waals surface area contributed by atoms with Crippen molar-refractivity contribution in [3.8, 4) is 0 Å². The van der Waals surface area contributed by atoms with Crippen molar-refractivity contribution in [3.63, 3.8) is 0 Å². The maximum Gasteiger partial charge on any atom is 0.380 e. The van der Waals surface area contributed by atoms with Crippen LogP contribution in [0.2, 0.25) is 0 Å². The van der Waals surface area contributed by atoms with Gasteiger partial charge in [-0.1, -0.05) is 29.9 Å². The van der Waals surface area contributed by atoms with Gasteiger partial charge in [-0.05, 0) is 70.2 Å². The molecule has 3 aliphatic rings. The van der Waals surface area contributed by atoms with E-state index in [0.717, 1.165) is 34.7 Å². The molecule has 0 radical (unpaired) electrons. The minimum atomic E-state index is -5.63. The summed E-state index contributed by atoms with van der Waals surface area (Å²) >= 11 is 1.80. The first kappa shape index (κ1) is 29.5. The van der Waals surface area contributed by atoms with Crippen LogP contribution in [0.1, 0.15) is 62.7 Å². The zero-order valence-electron chi connectivity index (χ0n) is 22.6. The van der Waals surface area contributed by atoms with E-state index >= 15 is 17.6 Å². The van der Waals surface area contributed by atoms with Gasteiger partial charge in [-0.15, -0.1) is 22.7 Å². The Morgan fingerprint density at radius 1 is 0.951 bits per heavy atom. The lowest BCUT2D eigenvalue weighted by atomic mass is 9.82. The van der Waals surface area contributed by atoms with E-state index in [4.69, 9.17) is 0 Å². The molecule has 0 saturated carbocycles. The van der Waals surface area contributed by atoms with Crippen LogP contribution in [0.4, 0.5) is 26.3 Å². The molecule has 1 atom stereocenters. The normalized spacial score (nSPS) is 23.1. The van der Waals surface area contributed by atoms with Crippen LogP contribution in [0, 0.1) is 20.8 Å². The molecule has 0 fully saturated rings. The molecule has 2 aromatic rings. The Balaban J connectivity index is 1.61. The van der Waals surface area contributed by atoms with Crippen molar-refractivity contribution in [2.45, 2.75) is 70.6 Å². The minimum absolute atomic E-state index is 0.0747. The third-order valence-corrected chi connectivity index (χ3v) is 10.2. The molecule has 0 saturated heterocycles. The Hall–Kier alpha value is -2.98. The number of aryl methyl sites for hydroxylation is 3. The summed E-state index contributed by atoms with van der Waals surface area (Å²) in [5.74, 6) is -16.7. The van der Waals surface area contributed by atoms with Crippen molar-refractivity contribution in [2.24, 2.45) is 0 Å². The summed E-state index contributed by atoms with van der Waals surface area (Å²) in [6, 6.07) is 2.76. The highest BCUT2D eigenvalue weighted by atomic mass is 32.1. The number of halogens is 6. The van der Waals surface area contributed by atoms with Crippen molar-refractivity contribution in [1.82, 2.24) is 0 Å². The van der Waals surface area contributed by atoms with E-state index in [2.05, 4.69) is 0 Å². The third kappa shape index (κ3) is 4.45. The molecule has 216 valence electrons. The summed E-state index contributed by atoms with van der Waals surface area (Å²) in [5, 5.41) is 0. The smallest absolute Gasteiger partial charge is 0.298 e. The topological polar surface area (TPSA) is 34.1 Å². The number of thiophene rings is 2. The first-order valence-corrected chi connectivity index (χ1v) is 14.6. The molecule has 2 aromatic heterocycles. The molecule has 0 N–H and O–H groups in total. The molecule has 10 heteroatoms. The monoisotopic (exact) mass is 608 g/mol. The molecule has 3 aliphatic carbocycles. The number of carbonyl (C=O) groups is 2. The summed E-state index contributed by atoms with van der Waals surface area (Å²) in [4.78, 5) is 26.1. The predicted octanol–water partition coefficient (Wildman–Crippen LogP) is 9.34. The van der Waals surface area contributed by atoms with Crippen LogP contribution in [0.25, 0.3) is 11.1 Å². The van der Waals surface area contributed by atoms with Crippen molar-refractivity contribution >= 4 is 45.9 Å². The Bertz CT molecular complexity index is 1630. The third-order valence-electron chi connectivity index (χ3n) is 7.86. The quantitative estimate of drug-likeness (QED) is 0.242. The Kier molecular flexibility index (Phi) is 7.26. The SMILES string of the molecule is CC1=C(C(=O)C2=C(C=O)C=CC(c3cc(C4=C(c5sc(C)cc5C)C(F)(F)C(F)(F)C4(F)F)c(C)s3)C2)C=CCC1. The number of carbonyl (C=O) groups excluding carboxylic acids is 2. The standard InChI is InChI=1S/C31H26F6O2S2/c1-15-7-5-6-8-21(15)27(39)23-12-19(9-10-20(23)14-38)24-13-22(18(4)41-24)25-26(28-16(2)11-17(3)40-28)30(34,35)31(36,37)29(25,32)33/h6,8-11,13-14,19H,5,7,12H2,1-4H3. The molecular formula is C31H26F6O2S2. The fraction of sp³-hybridized carbons (Fsp3) is 0.355. The highest BCUT2D eigenvalue weighted by molar-refractivity contribution is 7.13. The van der Waals surface area contributed by atoms with E-state index in [1.54, 1.807) is 19.1 Å². The van der Waals surface area contributed by atoms with Gasteiger partial charge in [0.05, 0.1) is 5.57 Å². The largest absolute Gasteiger partial charge is 0.380 e. The fourth-order valence-corrected chi connectivity index (χ4v) is 7.90. The van der Waals surface area contributed by atoms with Crippen LogP contribution >= 0.6 is 22.7 Å². The zero-order chi connectivity index (χ0) is 30.1. The van der Waals surface area contributed by atoms with Gasteiger partial charge in [-0.25, -0.2) is 0 Å². The fourth-order valence-electron chi connectivity index (χ4n) is 5.68. The molecule has 0 aliphatic heterocycles. The maximum atomic E-state index is 15.4. The Morgan fingerprint density at radius 2 is 1.63 bits per heavy atom. The molecule has 0 bridgehead atoms. The van der Waals surface area contributed by atoms with E-state index in [1.807, 2.05) is 13.0 Å². The second kappa shape index (κ2) is 10.1. The molecule has 2 nitrogen and oxygen atoms in total. The number of aldehydes is 1. The molecule has 1 unspecified atom stereocenters. The molecule has 0 amide bonds. The lowest BCUT2D eigenvalue weighted by Crippen LogP contribution is -2.48. The number of rotatable bonds is 6. The number of ketones is 1. The van der Waals surface area contributed by atoms with Gasteiger partial charge in [0.2, 0.25) is 0 Å². The van der Waals surface area contributed by atoms with E-state index in [9.17, 15) is 18.4 Å². The van der Waals surface area contributed by atoms with Gasteiger partial charge in [0.1, 0.15) is 6.29 Å². The van der Waals surface area contributed by atoms with E-state index in [-0.39, 0.29) is 44.2 Å². The summed E-state index contributed by atoms with van der Waals surface area (Å²) in [6.07, 6.45) is 8.89.